The summed E-state index contributed by atoms with van der Waals surface area (Å²) in [6.45, 7) is 2.71. The maximum Gasteiger partial charge on any atom is 0.313 e. The number of carboxylic acids is 1. The van der Waals surface area contributed by atoms with E-state index < -0.39 is 16.0 Å². The largest absolute Gasteiger partial charge is 0.481 e. The molecule has 1 saturated heterocycles. The van der Waals surface area contributed by atoms with Crippen LogP contribution in [0.3, 0.4) is 0 Å². The SMILES string of the molecule is CCS(=O)(=O)N1CCCC(C(=O)NCCSCC(=O)O)C1. The average Bonchev–Trinajstić information content (AvgIpc) is 2.46. The van der Waals surface area contributed by atoms with Crippen LogP contribution in [0.25, 0.3) is 0 Å². The first-order chi connectivity index (χ1) is 9.86. The molecule has 9 heteroatoms. The zero-order chi connectivity index (χ0) is 15.9. The van der Waals surface area contributed by atoms with Gasteiger partial charge in [0.1, 0.15) is 0 Å². The lowest BCUT2D eigenvalue weighted by molar-refractivity contribution is -0.134. The summed E-state index contributed by atoms with van der Waals surface area (Å²) in [5.41, 5.74) is 0. The molecular formula is C12H22N2O5S2. The van der Waals surface area contributed by atoms with Gasteiger partial charge in [-0.05, 0) is 19.8 Å². The number of thioether (sulfide) groups is 1. The zero-order valence-electron chi connectivity index (χ0n) is 12.1. The molecule has 1 aliphatic rings. The van der Waals surface area contributed by atoms with Gasteiger partial charge in [0.25, 0.3) is 0 Å². The Hall–Kier alpha value is -0.800. The van der Waals surface area contributed by atoms with Gasteiger partial charge in [-0.3, -0.25) is 9.59 Å². The number of piperidine rings is 1. The van der Waals surface area contributed by atoms with Gasteiger partial charge >= 0.3 is 5.97 Å². The smallest absolute Gasteiger partial charge is 0.313 e. The molecule has 1 fully saturated rings. The molecule has 0 saturated carbocycles. The molecule has 0 radical (unpaired) electrons. The summed E-state index contributed by atoms with van der Waals surface area (Å²) in [6, 6.07) is 0. The van der Waals surface area contributed by atoms with Gasteiger partial charge in [-0.15, -0.1) is 11.8 Å². The Kier molecular flexibility index (Phi) is 7.47. The summed E-state index contributed by atoms with van der Waals surface area (Å²) < 4.78 is 25.0. The molecule has 1 amide bonds. The van der Waals surface area contributed by atoms with Gasteiger partial charge in [-0.2, -0.15) is 0 Å². The van der Waals surface area contributed by atoms with Crippen LogP contribution in [0.1, 0.15) is 19.8 Å². The van der Waals surface area contributed by atoms with Crippen LogP contribution in [0.15, 0.2) is 0 Å². The van der Waals surface area contributed by atoms with Crippen molar-refractivity contribution in [1.29, 1.82) is 0 Å². The molecule has 122 valence electrons. The van der Waals surface area contributed by atoms with Crippen molar-refractivity contribution in [2.75, 3.05) is 36.9 Å². The molecule has 1 atom stereocenters. The highest BCUT2D eigenvalue weighted by Crippen LogP contribution is 2.19. The van der Waals surface area contributed by atoms with Crippen molar-refractivity contribution < 1.29 is 23.1 Å². The number of sulfonamides is 1. The van der Waals surface area contributed by atoms with Gasteiger partial charge in [0.2, 0.25) is 15.9 Å². The van der Waals surface area contributed by atoms with E-state index in [2.05, 4.69) is 5.32 Å². The van der Waals surface area contributed by atoms with Crippen LogP contribution >= 0.6 is 11.8 Å². The number of carboxylic acid groups (broad SMARTS) is 1. The molecule has 0 spiro atoms. The predicted molar refractivity (Wildman–Crippen MR) is 81.7 cm³/mol. The van der Waals surface area contributed by atoms with Crippen molar-refractivity contribution in [3.63, 3.8) is 0 Å². The van der Waals surface area contributed by atoms with Crippen molar-refractivity contribution in [3.8, 4) is 0 Å². The summed E-state index contributed by atoms with van der Waals surface area (Å²) in [5, 5.41) is 11.2. The Balaban J connectivity index is 2.35. The third-order valence-corrected chi connectivity index (χ3v) is 6.08. The standard InChI is InChI=1S/C12H22N2O5S2/c1-2-21(18,19)14-6-3-4-10(8-14)12(17)13-5-7-20-9-11(15)16/h10H,2-9H2,1H3,(H,13,17)(H,15,16). The second-order valence-electron chi connectivity index (χ2n) is 4.84. The first kappa shape index (κ1) is 18.2. The van der Waals surface area contributed by atoms with Gasteiger partial charge in [0.15, 0.2) is 0 Å². The topological polar surface area (TPSA) is 104 Å². The van der Waals surface area contributed by atoms with Crippen molar-refractivity contribution >= 4 is 33.7 Å². The fourth-order valence-corrected chi connectivity index (χ4v) is 3.89. The van der Waals surface area contributed by atoms with Crippen molar-refractivity contribution in [3.05, 3.63) is 0 Å². The van der Waals surface area contributed by atoms with Crippen molar-refractivity contribution in [2.24, 2.45) is 5.92 Å². The van der Waals surface area contributed by atoms with Crippen LogP contribution in [0.5, 0.6) is 0 Å². The second kappa shape index (κ2) is 8.60. The summed E-state index contributed by atoms with van der Waals surface area (Å²) in [6.07, 6.45) is 1.37. The number of nitrogens with one attached hydrogen (secondary N) is 1. The second-order valence-corrected chi connectivity index (χ2v) is 8.20. The summed E-state index contributed by atoms with van der Waals surface area (Å²) in [4.78, 5) is 22.3. The molecule has 21 heavy (non-hydrogen) atoms. The molecule has 1 unspecified atom stereocenters. The normalized spacial score (nSPS) is 20.1. The number of aliphatic carboxylic acids is 1. The van der Waals surface area contributed by atoms with Gasteiger partial charge in [-0.1, -0.05) is 0 Å². The van der Waals surface area contributed by atoms with Crippen molar-refractivity contribution in [2.45, 2.75) is 19.8 Å². The highest BCUT2D eigenvalue weighted by Gasteiger charge is 2.31. The molecule has 0 aromatic heterocycles. The minimum Gasteiger partial charge on any atom is -0.481 e. The fourth-order valence-electron chi connectivity index (χ4n) is 2.14. The number of hydrogen-bond donors (Lipinski definition) is 2. The fraction of sp³-hybridized carbons (Fsp3) is 0.833. The number of carbonyl (C=O) groups is 2. The lowest BCUT2D eigenvalue weighted by Gasteiger charge is -2.30. The van der Waals surface area contributed by atoms with E-state index in [1.54, 1.807) is 6.92 Å². The van der Waals surface area contributed by atoms with Gasteiger partial charge in [0, 0.05) is 25.4 Å². The van der Waals surface area contributed by atoms with E-state index in [-0.39, 0.29) is 29.9 Å². The van der Waals surface area contributed by atoms with Crippen LogP contribution in [-0.2, 0) is 19.6 Å². The van der Waals surface area contributed by atoms with Crippen LogP contribution in [0, 0.1) is 5.92 Å². The highest BCUT2D eigenvalue weighted by molar-refractivity contribution is 7.99. The number of amides is 1. The van der Waals surface area contributed by atoms with Crippen LogP contribution in [-0.4, -0.2) is 66.6 Å². The predicted octanol–water partition coefficient (Wildman–Crippen LogP) is -0.0179. The molecule has 7 nitrogen and oxygen atoms in total. The van der Waals surface area contributed by atoms with Crippen LogP contribution in [0.4, 0.5) is 0 Å². The lowest BCUT2D eigenvalue weighted by Crippen LogP contribution is -2.46. The molecular weight excluding hydrogens is 316 g/mol. The first-order valence-electron chi connectivity index (χ1n) is 6.92. The van der Waals surface area contributed by atoms with Crippen molar-refractivity contribution in [1.82, 2.24) is 9.62 Å². The summed E-state index contributed by atoms with van der Waals surface area (Å²) in [5.74, 6) is -0.748. The van der Waals surface area contributed by atoms with Gasteiger partial charge < -0.3 is 10.4 Å². The third kappa shape index (κ3) is 6.23. The molecule has 2 N–H and O–H groups in total. The van der Waals surface area contributed by atoms with E-state index >= 15 is 0 Å². The van der Waals surface area contributed by atoms with E-state index in [4.69, 9.17) is 5.11 Å². The zero-order valence-corrected chi connectivity index (χ0v) is 13.7. The summed E-state index contributed by atoms with van der Waals surface area (Å²) in [7, 11) is -3.24. The van der Waals surface area contributed by atoms with E-state index in [1.807, 2.05) is 0 Å². The molecule has 0 bridgehead atoms. The van der Waals surface area contributed by atoms with E-state index in [9.17, 15) is 18.0 Å². The van der Waals surface area contributed by atoms with E-state index in [0.717, 1.165) is 0 Å². The lowest BCUT2D eigenvalue weighted by atomic mass is 9.99. The van der Waals surface area contributed by atoms with Gasteiger partial charge in [0.05, 0.1) is 17.4 Å². The molecule has 1 heterocycles. The average molecular weight is 338 g/mol. The minimum atomic E-state index is -3.24. The molecule has 0 aromatic carbocycles. The monoisotopic (exact) mass is 338 g/mol. The Bertz CT molecular complexity index is 466. The molecule has 0 aromatic rings. The van der Waals surface area contributed by atoms with Gasteiger partial charge in [-0.25, -0.2) is 12.7 Å². The summed E-state index contributed by atoms with van der Waals surface area (Å²) >= 11 is 1.24. The molecule has 1 aliphatic heterocycles. The van der Waals surface area contributed by atoms with Crippen LogP contribution in [0.2, 0.25) is 0 Å². The van der Waals surface area contributed by atoms with E-state index in [0.29, 0.717) is 31.7 Å². The maximum atomic E-state index is 12.0. The Morgan fingerprint density at radius 1 is 1.43 bits per heavy atom. The quantitative estimate of drug-likeness (QED) is 0.603. The number of hydrogen-bond acceptors (Lipinski definition) is 5. The number of carbonyl (C=O) groups excluding carboxylic acids is 1. The maximum absolute atomic E-state index is 12.0. The Labute approximate surface area is 129 Å². The first-order valence-corrected chi connectivity index (χ1v) is 9.68. The molecule has 0 aliphatic carbocycles. The Morgan fingerprint density at radius 2 is 2.14 bits per heavy atom. The molecule has 1 rings (SSSR count). The minimum absolute atomic E-state index is 0.0157. The third-order valence-electron chi connectivity index (χ3n) is 3.28. The van der Waals surface area contributed by atoms with E-state index in [1.165, 1.54) is 16.1 Å². The number of nitrogens with zero attached hydrogens (tertiary/aromatic N) is 1. The number of rotatable bonds is 8. The van der Waals surface area contributed by atoms with Crippen LogP contribution < -0.4 is 5.32 Å². The highest BCUT2D eigenvalue weighted by atomic mass is 32.2. The Morgan fingerprint density at radius 3 is 2.76 bits per heavy atom.